The van der Waals surface area contributed by atoms with Gasteiger partial charge in [0.15, 0.2) is 5.96 Å². The van der Waals surface area contributed by atoms with Crippen molar-refractivity contribution in [2.24, 2.45) is 4.99 Å². The van der Waals surface area contributed by atoms with E-state index in [1.807, 2.05) is 12.1 Å². The molecule has 7 heteroatoms. The first kappa shape index (κ1) is 24.9. The van der Waals surface area contributed by atoms with Crippen LogP contribution in [0.1, 0.15) is 33.6 Å². The summed E-state index contributed by atoms with van der Waals surface area (Å²) in [7, 11) is 0. The zero-order valence-electron chi connectivity index (χ0n) is 17.7. The topological polar surface area (TPSA) is 34.1 Å². The highest BCUT2D eigenvalue weighted by Gasteiger charge is 2.21. The minimum Gasteiger partial charge on any atom is -0.366 e. The van der Waals surface area contributed by atoms with Crippen molar-refractivity contribution in [3.05, 3.63) is 30.1 Å². The number of hydrogen-bond acceptors (Lipinski definition) is 3. The van der Waals surface area contributed by atoms with Gasteiger partial charge in [0.25, 0.3) is 0 Å². The number of nitrogens with zero attached hydrogens (tertiary/aromatic N) is 4. The summed E-state index contributed by atoms with van der Waals surface area (Å²) in [6, 6.07) is 7.03. The number of rotatable bonds is 9. The normalized spacial score (nSPS) is 15.0. The molecule has 1 heterocycles. The van der Waals surface area contributed by atoms with E-state index in [0.29, 0.717) is 5.69 Å². The van der Waals surface area contributed by atoms with Gasteiger partial charge in [0.2, 0.25) is 0 Å². The van der Waals surface area contributed by atoms with Crippen molar-refractivity contribution in [1.29, 1.82) is 0 Å². The lowest BCUT2D eigenvalue weighted by Gasteiger charge is -2.37. The highest BCUT2D eigenvalue weighted by molar-refractivity contribution is 14.0. The van der Waals surface area contributed by atoms with Crippen LogP contribution in [0.25, 0.3) is 0 Å². The fraction of sp³-hybridized carbons (Fsp3) is 0.667. The summed E-state index contributed by atoms with van der Waals surface area (Å²) >= 11 is 0. The van der Waals surface area contributed by atoms with Gasteiger partial charge in [0, 0.05) is 39.3 Å². The minimum absolute atomic E-state index is 0. The van der Waals surface area contributed by atoms with Crippen LogP contribution in [0.5, 0.6) is 0 Å². The molecule has 0 spiro atoms. The SMILES string of the molecule is CCNC(=NCCCCN(CC)CC)N1CCN(c2ccccc2F)CC1.I. The highest BCUT2D eigenvalue weighted by atomic mass is 127. The Balaban J connectivity index is 0.00000392. The number of hydrogen-bond donors (Lipinski definition) is 1. The molecule has 1 aromatic rings. The molecule has 160 valence electrons. The zero-order chi connectivity index (χ0) is 19.5. The molecule has 0 aromatic heterocycles. The molecule has 0 saturated carbocycles. The number of nitrogens with one attached hydrogen (secondary N) is 1. The molecule has 1 fully saturated rings. The van der Waals surface area contributed by atoms with Gasteiger partial charge in [-0.05, 0) is 51.5 Å². The van der Waals surface area contributed by atoms with Gasteiger partial charge in [-0.1, -0.05) is 26.0 Å². The van der Waals surface area contributed by atoms with Crippen LogP contribution < -0.4 is 10.2 Å². The molecule has 0 bridgehead atoms. The molecule has 0 radical (unpaired) electrons. The Labute approximate surface area is 187 Å². The summed E-state index contributed by atoms with van der Waals surface area (Å²) in [6.45, 7) is 15.0. The predicted octanol–water partition coefficient (Wildman–Crippen LogP) is 3.65. The van der Waals surface area contributed by atoms with Gasteiger partial charge in [-0.25, -0.2) is 4.39 Å². The average molecular weight is 505 g/mol. The molecule has 0 unspecified atom stereocenters. The standard InChI is InChI=1S/C21H36FN5.HI/c1-4-23-21(24-13-9-10-14-25(5-2)6-3)27-17-15-26(16-18-27)20-12-8-7-11-19(20)22;/h7-8,11-12H,4-6,9-10,13-18H2,1-3H3,(H,23,24);1H. The molecule has 28 heavy (non-hydrogen) atoms. The predicted molar refractivity (Wildman–Crippen MR) is 129 cm³/mol. The van der Waals surface area contributed by atoms with Gasteiger partial charge in [0.1, 0.15) is 5.82 Å². The van der Waals surface area contributed by atoms with E-state index >= 15 is 0 Å². The van der Waals surface area contributed by atoms with Crippen LogP contribution in [0.3, 0.4) is 0 Å². The van der Waals surface area contributed by atoms with Crippen molar-refractivity contribution in [3.63, 3.8) is 0 Å². The first-order chi connectivity index (χ1) is 13.2. The quantitative estimate of drug-likeness (QED) is 0.241. The van der Waals surface area contributed by atoms with Crippen molar-refractivity contribution < 1.29 is 4.39 Å². The Morgan fingerprint density at radius 2 is 1.75 bits per heavy atom. The third-order valence-corrected chi connectivity index (χ3v) is 5.15. The molecule has 1 aliphatic rings. The Bertz CT molecular complexity index is 572. The van der Waals surface area contributed by atoms with Crippen molar-refractivity contribution >= 4 is 35.6 Å². The van der Waals surface area contributed by atoms with Crippen molar-refractivity contribution in [3.8, 4) is 0 Å². The molecule has 1 saturated heterocycles. The molecule has 1 aromatic carbocycles. The minimum atomic E-state index is -0.139. The maximum absolute atomic E-state index is 14.0. The number of aliphatic imine (C=N–C) groups is 1. The van der Waals surface area contributed by atoms with E-state index in [0.717, 1.165) is 71.3 Å². The second-order valence-corrected chi connectivity index (χ2v) is 6.90. The van der Waals surface area contributed by atoms with Gasteiger partial charge in [0.05, 0.1) is 5.69 Å². The summed E-state index contributed by atoms with van der Waals surface area (Å²) in [5.74, 6) is 0.855. The Hall–Kier alpha value is -1.09. The van der Waals surface area contributed by atoms with E-state index in [1.54, 1.807) is 6.07 Å². The first-order valence-corrected chi connectivity index (χ1v) is 10.4. The van der Waals surface area contributed by atoms with Crippen LogP contribution in [0, 0.1) is 5.82 Å². The van der Waals surface area contributed by atoms with Gasteiger partial charge >= 0.3 is 0 Å². The van der Waals surface area contributed by atoms with Crippen LogP contribution in [-0.2, 0) is 0 Å². The molecular formula is C21H37FIN5. The van der Waals surface area contributed by atoms with E-state index in [-0.39, 0.29) is 29.8 Å². The van der Waals surface area contributed by atoms with Gasteiger partial charge in [-0.15, -0.1) is 24.0 Å². The summed E-state index contributed by atoms with van der Waals surface area (Å²) < 4.78 is 14.0. The summed E-state index contributed by atoms with van der Waals surface area (Å²) in [5.41, 5.74) is 0.704. The van der Waals surface area contributed by atoms with Gasteiger partial charge in [-0.3, -0.25) is 4.99 Å². The van der Waals surface area contributed by atoms with E-state index in [4.69, 9.17) is 4.99 Å². The molecule has 5 nitrogen and oxygen atoms in total. The number of para-hydroxylation sites is 1. The number of anilines is 1. The largest absolute Gasteiger partial charge is 0.366 e. The lowest BCUT2D eigenvalue weighted by Crippen LogP contribution is -2.52. The smallest absolute Gasteiger partial charge is 0.194 e. The second-order valence-electron chi connectivity index (χ2n) is 6.90. The fourth-order valence-corrected chi connectivity index (χ4v) is 3.47. The molecule has 1 N–H and O–H groups in total. The Kier molecular flexibility index (Phi) is 12.5. The zero-order valence-corrected chi connectivity index (χ0v) is 20.0. The van der Waals surface area contributed by atoms with Gasteiger partial charge < -0.3 is 20.0 Å². The molecule has 1 aliphatic heterocycles. The maximum atomic E-state index is 14.0. The van der Waals surface area contributed by atoms with E-state index in [2.05, 4.69) is 40.8 Å². The summed E-state index contributed by atoms with van der Waals surface area (Å²) in [5, 5.41) is 3.41. The lowest BCUT2D eigenvalue weighted by atomic mass is 10.2. The fourth-order valence-electron chi connectivity index (χ4n) is 3.47. The lowest BCUT2D eigenvalue weighted by molar-refractivity contribution is 0.297. The average Bonchev–Trinajstić information content (AvgIpc) is 2.70. The third kappa shape index (κ3) is 7.73. The van der Waals surface area contributed by atoms with Crippen LogP contribution in [0.2, 0.25) is 0 Å². The van der Waals surface area contributed by atoms with Gasteiger partial charge in [-0.2, -0.15) is 0 Å². The van der Waals surface area contributed by atoms with E-state index in [9.17, 15) is 4.39 Å². The van der Waals surface area contributed by atoms with E-state index < -0.39 is 0 Å². The number of guanidine groups is 1. The molecular weight excluding hydrogens is 468 g/mol. The molecule has 0 aliphatic carbocycles. The first-order valence-electron chi connectivity index (χ1n) is 10.4. The summed E-state index contributed by atoms with van der Waals surface area (Å²) in [6.07, 6.45) is 2.30. The highest BCUT2D eigenvalue weighted by Crippen LogP contribution is 2.20. The summed E-state index contributed by atoms with van der Waals surface area (Å²) in [4.78, 5) is 11.7. The Morgan fingerprint density at radius 3 is 2.36 bits per heavy atom. The maximum Gasteiger partial charge on any atom is 0.194 e. The molecule has 0 atom stereocenters. The van der Waals surface area contributed by atoms with Crippen molar-refractivity contribution in [2.45, 2.75) is 33.6 Å². The molecule has 2 rings (SSSR count). The second kappa shape index (κ2) is 14.0. The van der Waals surface area contributed by atoms with Crippen LogP contribution >= 0.6 is 24.0 Å². The van der Waals surface area contributed by atoms with Crippen LogP contribution in [0.15, 0.2) is 29.3 Å². The third-order valence-electron chi connectivity index (χ3n) is 5.15. The van der Waals surface area contributed by atoms with Crippen LogP contribution in [0.4, 0.5) is 10.1 Å². The number of piperazine rings is 1. The van der Waals surface area contributed by atoms with Crippen molar-refractivity contribution in [2.75, 3.05) is 63.8 Å². The number of unbranched alkanes of at least 4 members (excludes halogenated alkanes) is 1. The van der Waals surface area contributed by atoms with Crippen LogP contribution in [-0.4, -0.2) is 74.7 Å². The Morgan fingerprint density at radius 1 is 1.07 bits per heavy atom. The monoisotopic (exact) mass is 505 g/mol. The van der Waals surface area contributed by atoms with E-state index in [1.165, 1.54) is 12.5 Å². The number of benzene rings is 1. The van der Waals surface area contributed by atoms with Crippen molar-refractivity contribution in [1.82, 2.24) is 15.1 Å². The molecule has 0 amide bonds. The number of halogens is 2.